The monoisotopic (exact) mass is 574 g/mol. The molecule has 1 aliphatic carbocycles. The van der Waals surface area contributed by atoms with Crippen molar-refractivity contribution in [2.24, 2.45) is 0 Å². The van der Waals surface area contributed by atoms with Gasteiger partial charge in [-0.25, -0.2) is 0 Å². The second kappa shape index (κ2) is 11.6. The number of morpholine rings is 1. The number of hydrogen-bond acceptors (Lipinski definition) is 5. The minimum atomic E-state index is -0.894. The molecule has 4 aromatic rings. The van der Waals surface area contributed by atoms with Crippen molar-refractivity contribution in [3.05, 3.63) is 82.8 Å². The van der Waals surface area contributed by atoms with Gasteiger partial charge in [-0.2, -0.15) is 0 Å². The van der Waals surface area contributed by atoms with Crippen molar-refractivity contribution in [3.63, 3.8) is 0 Å². The largest absolute Gasteiger partial charge is 0.451 e. The first kappa shape index (κ1) is 27.4. The van der Waals surface area contributed by atoms with E-state index in [1.165, 1.54) is 0 Å². The van der Waals surface area contributed by atoms with Gasteiger partial charge in [0.05, 0.1) is 18.9 Å². The molecule has 0 radical (unpaired) electrons. The number of amides is 2. The Morgan fingerprint density at radius 3 is 2.63 bits per heavy atom. The van der Waals surface area contributed by atoms with E-state index in [4.69, 9.17) is 20.8 Å². The molecule has 2 aliphatic rings. The van der Waals surface area contributed by atoms with Crippen molar-refractivity contribution in [1.82, 2.24) is 9.88 Å². The second-order valence-electron chi connectivity index (χ2n) is 10.8. The van der Waals surface area contributed by atoms with Crippen LogP contribution in [0.4, 0.5) is 11.4 Å². The zero-order valence-corrected chi connectivity index (χ0v) is 24.2. The summed E-state index contributed by atoms with van der Waals surface area (Å²) in [6, 6.07) is 16.4. The van der Waals surface area contributed by atoms with Gasteiger partial charge in [-0.1, -0.05) is 18.5 Å². The van der Waals surface area contributed by atoms with Crippen LogP contribution in [-0.2, 0) is 9.53 Å². The van der Waals surface area contributed by atoms with E-state index in [0.29, 0.717) is 42.1 Å². The molecule has 1 unspecified atom stereocenters. The lowest BCUT2D eigenvalue weighted by atomic mass is 10.0. The summed E-state index contributed by atoms with van der Waals surface area (Å²) in [5.41, 5.74) is 3.91. The van der Waals surface area contributed by atoms with Crippen molar-refractivity contribution in [2.75, 3.05) is 42.6 Å². The fourth-order valence-corrected chi connectivity index (χ4v) is 5.74. The van der Waals surface area contributed by atoms with Crippen LogP contribution in [0.5, 0.6) is 0 Å². The lowest BCUT2D eigenvalue weighted by Crippen LogP contribution is -2.45. The highest BCUT2D eigenvalue weighted by molar-refractivity contribution is 6.31. The third-order valence-electron chi connectivity index (χ3n) is 7.82. The molecular formula is C32H35ClN4O4. The van der Waals surface area contributed by atoms with Crippen LogP contribution in [-0.4, -0.2) is 49.2 Å². The minimum Gasteiger partial charge on any atom is -0.451 e. The van der Waals surface area contributed by atoms with E-state index < -0.39 is 6.04 Å². The third-order valence-corrected chi connectivity index (χ3v) is 8.05. The quantitative estimate of drug-likeness (QED) is 0.254. The van der Waals surface area contributed by atoms with Crippen LogP contribution in [0.15, 0.2) is 65.2 Å². The molecule has 214 valence electrons. The normalized spacial score (nSPS) is 16.1. The summed E-state index contributed by atoms with van der Waals surface area (Å²) in [7, 11) is 0. The minimum absolute atomic E-state index is 0.150. The Hall–Kier alpha value is -3.75. The summed E-state index contributed by atoms with van der Waals surface area (Å²) in [5.74, 6) is -0.465. The van der Waals surface area contributed by atoms with Crippen LogP contribution in [0, 0.1) is 6.92 Å². The first-order valence-corrected chi connectivity index (χ1v) is 14.7. The Kier molecular flexibility index (Phi) is 7.77. The van der Waals surface area contributed by atoms with Crippen LogP contribution in [0.1, 0.15) is 60.1 Å². The summed E-state index contributed by atoms with van der Waals surface area (Å²) in [5, 5.41) is 4.36. The van der Waals surface area contributed by atoms with Crippen LogP contribution < -0.4 is 15.1 Å². The molecule has 1 saturated carbocycles. The zero-order valence-electron chi connectivity index (χ0n) is 23.4. The number of fused-ring (bicyclic) bond motifs is 1. The maximum Gasteiger partial charge on any atom is 0.295 e. The lowest BCUT2D eigenvalue weighted by molar-refractivity contribution is -0.122. The fourth-order valence-electron chi connectivity index (χ4n) is 5.58. The van der Waals surface area contributed by atoms with Crippen molar-refractivity contribution in [2.45, 2.75) is 45.2 Å². The standard InChI is InChI=1S/C32H35ClN4O4/c1-3-12-34-31(38)30(27-5-4-13-36(27)24-8-9-24)37(32(39)29-19-22-6-7-23(33)20-28(22)41-29)26-11-10-25(18-21(26)2)35-14-16-40-17-15-35/h4-7,10-11,13,18-20,24,30H,3,8-9,12,14-17H2,1-2H3,(H,34,38). The molecular weight excluding hydrogens is 540 g/mol. The fraction of sp³-hybridized carbons (Fsp3) is 0.375. The predicted octanol–water partition coefficient (Wildman–Crippen LogP) is 6.28. The predicted molar refractivity (Wildman–Crippen MR) is 161 cm³/mol. The SMILES string of the molecule is CCCNC(=O)C(c1cccn1C1CC1)N(C(=O)c1cc2ccc(Cl)cc2o1)c1ccc(N2CCOCC2)cc1C. The Balaban J connectivity index is 1.48. The van der Waals surface area contributed by atoms with Gasteiger partial charge in [-0.05, 0) is 80.3 Å². The second-order valence-corrected chi connectivity index (χ2v) is 11.2. The Bertz CT molecular complexity index is 1570. The number of nitrogens with zero attached hydrogens (tertiary/aromatic N) is 3. The molecule has 2 fully saturated rings. The molecule has 6 rings (SSSR count). The Morgan fingerprint density at radius 1 is 1.10 bits per heavy atom. The number of furan rings is 1. The van der Waals surface area contributed by atoms with E-state index in [9.17, 15) is 9.59 Å². The highest BCUT2D eigenvalue weighted by atomic mass is 35.5. The summed E-state index contributed by atoms with van der Waals surface area (Å²) in [6.07, 6.45) is 4.90. The van der Waals surface area contributed by atoms with Gasteiger partial charge in [0.15, 0.2) is 11.8 Å². The van der Waals surface area contributed by atoms with E-state index in [2.05, 4.69) is 20.9 Å². The smallest absolute Gasteiger partial charge is 0.295 e. The van der Waals surface area contributed by atoms with E-state index in [1.54, 1.807) is 23.1 Å². The summed E-state index contributed by atoms with van der Waals surface area (Å²) in [4.78, 5) is 32.4. The zero-order chi connectivity index (χ0) is 28.5. The number of ether oxygens (including phenoxy) is 1. The van der Waals surface area contributed by atoms with Gasteiger partial charge in [-0.15, -0.1) is 0 Å². The van der Waals surface area contributed by atoms with E-state index in [1.807, 2.05) is 50.4 Å². The van der Waals surface area contributed by atoms with Crippen molar-refractivity contribution < 1.29 is 18.7 Å². The molecule has 2 aromatic heterocycles. The Morgan fingerprint density at radius 2 is 1.90 bits per heavy atom. The van der Waals surface area contributed by atoms with Crippen molar-refractivity contribution in [1.29, 1.82) is 0 Å². The van der Waals surface area contributed by atoms with Gasteiger partial charge in [0.25, 0.3) is 5.91 Å². The molecule has 1 atom stereocenters. The van der Waals surface area contributed by atoms with Crippen LogP contribution in [0.25, 0.3) is 11.0 Å². The summed E-state index contributed by atoms with van der Waals surface area (Å²) in [6.45, 7) is 7.48. The molecule has 9 heteroatoms. The van der Waals surface area contributed by atoms with Crippen LogP contribution in [0.3, 0.4) is 0 Å². The molecule has 1 aliphatic heterocycles. The molecule has 41 heavy (non-hydrogen) atoms. The average Bonchev–Trinajstić information content (AvgIpc) is 3.56. The molecule has 3 heterocycles. The number of nitrogens with one attached hydrogen (secondary N) is 1. The van der Waals surface area contributed by atoms with Crippen LogP contribution in [0.2, 0.25) is 5.02 Å². The van der Waals surface area contributed by atoms with E-state index in [-0.39, 0.29) is 17.6 Å². The highest BCUT2D eigenvalue weighted by Crippen LogP contribution is 2.41. The maximum atomic E-state index is 14.5. The van der Waals surface area contributed by atoms with Gasteiger partial charge in [-0.3, -0.25) is 14.5 Å². The van der Waals surface area contributed by atoms with Crippen LogP contribution >= 0.6 is 11.6 Å². The number of hydrogen-bond donors (Lipinski definition) is 1. The summed E-state index contributed by atoms with van der Waals surface area (Å²) < 4.78 is 13.7. The van der Waals surface area contributed by atoms with Crippen molar-refractivity contribution in [3.8, 4) is 0 Å². The molecule has 1 N–H and O–H groups in total. The first-order valence-electron chi connectivity index (χ1n) is 14.3. The average molecular weight is 575 g/mol. The number of aryl methyl sites for hydroxylation is 1. The molecule has 1 saturated heterocycles. The summed E-state index contributed by atoms with van der Waals surface area (Å²) >= 11 is 6.20. The number of aromatic nitrogens is 1. The first-order chi connectivity index (χ1) is 19.9. The lowest BCUT2D eigenvalue weighted by Gasteiger charge is -2.34. The number of benzene rings is 2. The van der Waals surface area contributed by atoms with Crippen molar-refractivity contribution >= 4 is 45.8 Å². The van der Waals surface area contributed by atoms with Gasteiger partial charge in [0.2, 0.25) is 5.91 Å². The van der Waals surface area contributed by atoms with Gasteiger partial charge < -0.3 is 23.9 Å². The molecule has 2 amide bonds. The van der Waals surface area contributed by atoms with E-state index >= 15 is 0 Å². The number of carbonyl (C=O) groups excluding carboxylic acids is 2. The molecule has 0 spiro atoms. The number of halogens is 1. The molecule has 0 bridgehead atoms. The Labute approximate surface area is 244 Å². The molecule has 8 nitrogen and oxygen atoms in total. The highest BCUT2D eigenvalue weighted by Gasteiger charge is 2.39. The number of carbonyl (C=O) groups is 2. The van der Waals surface area contributed by atoms with Gasteiger partial charge in [0.1, 0.15) is 5.58 Å². The van der Waals surface area contributed by atoms with E-state index in [0.717, 1.165) is 54.7 Å². The number of rotatable bonds is 9. The maximum absolute atomic E-state index is 14.5. The molecule has 2 aromatic carbocycles. The number of anilines is 2. The topological polar surface area (TPSA) is 80.0 Å². The van der Waals surface area contributed by atoms with Gasteiger partial charge in [0, 0.05) is 59.7 Å². The van der Waals surface area contributed by atoms with Gasteiger partial charge >= 0.3 is 0 Å². The third kappa shape index (κ3) is 5.59.